The fourth-order valence-electron chi connectivity index (χ4n) is 2.26. The summed E-state index contributed by atoms with van der Waals surface area (Å²) in [6.45, 7) is 2.87. The van der Waals surface area contributed by atoms with Crippen LogP contribution in [0.15, 0.2) is 53.7 Å². The number of nitrogens with zero attached hydrogens (tertiary/aromatic N) is 2. The predicted molar refractivity (Wildman–Crippen MR) is 85.0 cm³/mol. The van der Waals surface area contributed by atoms with Crippen LogP contribution in [0, 0.1) is 0 Å². The number of ether oxygens (including phenoxy) is 1. The predicted octanol–water partition coefficient (Wildman–Crippen LogP) is 3.25. The summed E-state index contributed by atoms with van der Waals surface area (Å²) in [5.74, 6) is 1.14. The van der Waals surface area contributed by atoms with Crippen molar-refractivity contribution >= 4 is 20.9 Å². The first kappa shape index (κ1) is 14.6. The van der Waals surface area contributed by atoms with Gasteiger partial charge in [0.25, 0.3) is 0 Å². The van der Waals surface area contributed by atoms with Crippen LogP contribution >= 0.6 is 0 Å². The molecule has 0 amide bonds. The molecule has 0 saturated heterocycles. The molecule has 2 aromatic carbocycles. The maximum atomic E-state index is 11.6. The Bertz CT molecular complexity index is 929. The summed E-state index contributed by atoms with van der Waals surface area (Å²) in [4.78, 5) is 4.55. The summed E-state index contributed by atoms with van der Waals surface area (Å²) < 4.78 is 31.0. The van der Waals surface area contributed by atoms with Gasteiger partial charge in [0.05, 0.1) is 22.3 Å². The van der Waals surface area contributed by atoms with E-state index in [9.17, 15) is 8.42 Å². The Kier molecular flexibility index (Phi) is 3.62. The monoisotopic (exact) mass is 316 g/mol. The summed E-state index contributed by atoms with van der Waals surface area (Å²) in [5, 5.41) is 0. The quantitative estimate of drug-likeness (QED) is 0.741. The molecule has 0 radical (unpaired) electrons. The van der Waals surface area contributed by atoms with Crippen molar-refractivity contribution in [3.05, 3.63) is 48.8 Å². The van der Waals surface area contributed by atoms with Crippen LogP contribution in [0.2, 0.25) is 0 Å². The Hall–Kier alpha value is -2.34. The summed E-state index contributed by atoms with van der Waals surface area (Å²) in [5.41, 5.74) is 1.89. The van der Waals surface area contributed by atoms with Crippen molar-refractivity contribution in [2.75, 3.05) is 6.26 Å². The molecule has 0 aliphatic carbocycles. The molecule has 0 unspecified atom stereocenters. The summed E-state index contributed by atoms with van der Waals surface area (Å²) in [6.07, 6.45) is 2.97. The average Bonchev–Trinajstić information content (AvgIpc) is 2.89. The third-order valence-corrected chi connectivity index (χ3v) is 4.51. The largest absolute Gasteiger partial charge is 0.457 e. The minimum absolute atomic E-state index is 0.240. The van der Waals surface area contributed by atoms with E-state index in [1.807, 2.05) is 29.7 Å². The molecule has 0 bridgehead atoms. The van der Waals surface area contributed by atoms with Gasteiger partial charge in [0, 0.05) is 18.9 Å². The SMILES string of the molecule is CCn1cnc2ccc(Oc3cccc(S(C)(=O)=O)c3)cc21. The van der Waals surface area contributed by atoms with E-state index in [2.05, 4.69) is 4.98 Å². The van der Waals surface area contributed by atoms with Gasteiger partial charge in [-0.05, 0) is 37.3 Å². The fraction of sp³-hybridized carbons (Fsp3) is 0.188. The lowest BCUT2D eigenvalue weighted by molar-refractivity contribution is 0.481. The fourth-order valence-corrected chi connectivity index (χ4v) is 2.91. The lowest BCUT2D eigenvalue weighted by atomic mass is 10.3. The first-order valence-corrected chi connectivity index (χ1v) is 8.79. The van der Waals surface area contributed by atoms with Crippen molar-refractivity contribution in [3.8, 4) is 11.5 Å². The molecule has 0 N–H and O–H groups in total. The molecule has 6 heteroatoms. The van der Waals surface area contributed by atoms with E-state index < -0.39 is 9.84 Å². The van der Waals surface area contributed by atoms with E-state index in [4.69, 9.17) is 4.74 Å². The van der Waals surface area contributed by atoms with E-state index >= 15 is 0 Å². The van der Waals surface area contributed by atoms with Crippen LogP contribution in [0.5, 0.6) is 11.5 Å². The standard InChI is InChI=1S/C16H16N2O3S/c1-3-18-11-17-15-8-7-13(10-16(15)18)21-12-5-4-6-14(9-12)22(2,19)20/h4-11H,3H2,1-2H3. The van der Waals surface area contributed by atoms with Gasteiger partial charge >= 0.3 is 0 Å². The zero-order valence-electron chi connectivity index (χ0n) is 12.4. The van der Waals surface area contributed by atoms with Crippen LogP contribution in [0.1, 0.15) is 6.92 Å². The molecule has 0 saturated carbocycles. The lowest BCUT2D eigenvalue weighted by Gasteiger charge is -2.08. The van der Waals surface area contributed by atoms with Crippen molar-refractivity contribution < 1.29 is 13.2 Å². The van der Waals surface area contributed by atoms with Gasteiger partial charge in [-0.2, -0.15) is 0 Å². The van der Waals surface area contributed by atoms with E-state index in [0.717, 1.165) is 17.6 Å². The van der Waals surface area contributed by atoms with Crippen molar-refractivity contribution in [1.29, 1.82) is 0 Å². The maximum absolute atomic E-state index is 11.6. The van der Waals surface area contributed by atoms with Crippen LogP contribution in [0.4, 0.5) is 0 Å². The molecule has 3 aromatic rings. The maximum Gasteiger partial charge on any atom is 0.175 e. The van der Waals surface area contributed by atoms with Gasteiger partial charge in [-0.1, -0.05) is 6.07 Å². The van der Waals surface area contributed by atoms with Gasteiger partial charge in [0.2, 0.25) is 0 Å². The highest BCUT2D eigenvalue weighted by atomic mass is 32.2. The normalized spacial score (nSPS) is 11.7. The Morgan fingerprint density at radius 2 is 1.91 bits per heavy atom. The van der Waals surface area contributed by atoms with E-state index in [0.29, 0.717) is 11.5 Å². The molecule has 5 nitrogen and oxygen atoms in total. The molecule has 0 spiro atoms. The average molecular weight is 316 g/mol. The van der Waals surface area contributed by atoms with Crippen LogP contribution in [-0.2, 0) is 16.4 Å². The van der Waals surface area contributed by atoms with Crippen molar-refractivity contribution in [1.82, 2.24) is 9.55 Å². The highest BCUT2D eigenvalue weighted by Crippen LogP contribution is 2.26. The van der Waals surface area contributed by atoms with Gasteiger partial charge in [0.1, 0.15) is 11.5 Å². The summed E-state index contributed by atoms with van der Waals surface area (Å²) >= 11 is 0. The van der Waals surface area contributed by atoms with E-state index in [1.54, 1.807) is 24.5 Å². The summed E-state index contributed by atoms with van der Waals surface area (Å²) in [7, 11) is -3.25. The van der Waals surface area contributed by atoms with Gasteiger partial charge < -0.3 is 9.30 Å². The smallest absolute Gasteiger partial charge is 0.175 e. The number of hydrogen-bond donors (Lipinski definition) is 0. The molecule has 114 valence electrons. The Morgan fingerprint density at radius 1 is 1.14 bits per heavy atom. The number of sulfone groups is 1. The first-order valence-electron chi connectivity index (χ1n) is 6.90. The molecular weight excluding hydrogens is 300 g/mol. The highest BCUT2D eigenvalue weighted by molar-refractivity contribution is 7.90. The molecule has 22 heavy (non-hydrogen) atoms. The van der Waals surface area contributed by atoms with Crippen LogP contribution in [-0.4, -0.2) is 24.2 Å². The van der Waals surface area contributed by atoms with E-state index in [-0.39, 0.29) is 4.90 Å². The Labute approximate surface area is 129 Å². The van der Waals surface area contributed by atoms with Crippen LogP contribution in [0.3, 0.4) is 0 Å². The van der Waals surface area contributed by atoms with E-state index in [1.165, 1.54) is 12.3 Å². The van der Waals surface area contributed by atoms with Crippen LogP contribution < -0.4 is 4.74 Å². The number of hydrogen-bond acceptors (Lipinski definition) is 4. The zero-order valence-corrected chi connectivity index (χ0v) is 13.2. The van der Waals surface area contributed by atoms with Crippen molar-refractivity contribution in [3.63, 3.8) is 0 Å². The molecular formula is C16H16N2O3S. The number of aryl methyl sites for hydroxylation is 1. The minimum atomic E-state index is -3.25. The number of imidazole rings is 1. The Morgan fingerprint density at radius 3 is 2.64 bits per heavy atom. The first-order chi connectivity index (χ1) is 10.5. The molecule has 0 atom stereocenters. The van der Waals surface area contributed by atoms with Crippen molar-refractivity contribution in [2.24, 2.45) is 0 Å². The van der Waals surface area contributed by atoms with Gasteiger partial charge in [-0.25, -0.2) is 13.4 Å². The molecule has 3 rings (SSSR count). The second-order valence-electron chi connectivity index (χ2n) is 5.03. The Balaban J connectivity index is 1.96. The van der Waals surface area contributed by atoms with Crippen molar-refractivity contribution in [2.45, 2.75) is 18.4 Å². The highest BCUT2D eigenvalue weighted by Gasteiger charge is 2.09. The van der Waals surface area contributed by atoms with Gasteiger partial charge in [-0.3, -0.25) is 0 Å². The molecule has 1 heterocycles. The lowest BCUT2D eigenvalue weighted by Crippen LogP contribution is -1.97. The second-order valence-corrected chi connectivity index (χ2v) is 7.05. The van der Waals surface area contributed by atoms with Gasteiger partial charge in [-0.15, -0.1) is 0 Å². The van der Waals surface area contributed by atoms with Gasteiger partial charge in [0.15, 0.2) is 9.84 Å². The molecule has 0 aliphatic heterocycles. The molecule has 0 aliphatic rings. The topological polar surface area (TPSA) is 61.2 Å². The molecule has 1 aromatic heterocycles. The van der Waals surface area contributed by atoms with Crippen LogP contribution in [0.25, 0.3) is 11.0 Å². The minimum Gasteiger partial charge on any atom is -0.457 e. The third kappa shape index (κ3) is 2.82. The number of rotatable bonds is 4. The number of aromatic nitrogens is 2. The molecule has 0 fully saturated rings. The number of fused-ring (bicyclic) bond motifs is 1. The zero-order chi connectivity index (χ0) is 15.7. The third-order valence-electron chi connectivity index (χ3n) is 3.40. The summed E-state index contributed by atoms with van der Waals surface area (Å²) in [6, 6.07) is 12.1. The second kappa shape index (κ2) is 5.46. The number of benzene rings is 2.